The average Bonchev–Trinajstić information content (AvgIpc) is 3.39. The topological polar surface area (TPSA) is 58.3 Å². The van der Waals surface area contributed by atoms with Crippen LogP contribution < -0.4 is 9.80 Å². The summed E-state index contributed by atoms with van der Waals surface area (Å²) in [6.07, 6.45) is 0. The fraction of sp³-hybridized carbons (Fsp3) is 0.179. The van der Waals surface area contributed by atoms with E-state index < -0.39 is 0 Å². The van der Waals surface area contributed by atoms with Crippen molar-refractivity contribution in [1.29, 1.82) is 0 Å². The van der Waals surface area contributed by atoms with Gasteiger partial charge in [0.25, 0.3) is 5.89 Å². The average molecular weight is 448 g/mol. The Hall–Kier alpha value is -4.19. The number of hydrogen-bond acceptors (Lipinski definition) is 6. The molecule has 0 radical (unpaired) electrons. The van der Waals surface area contributed by atoms with E-state index in [2.05, 4.69) is 76.5 Å². The van der Waals surface area contributed by atoms with Crippen LogP contribution in [0.15, 0.2) is 89.5 Å². The number of aryl methyl sites for hydroxylation is 1. The van der Waals surface area contributed by atoms with Crippen molar-refractivity contribution in [2.45, 2.75) is 6.92 Å². The van der Waals surface area contributed by atoms with Crippen molar-refractivity contribution in [3.8, 4) is 22.8 Å². The quantitative estimate of drug-likeness (QED) is 0.358. The van der Waals surface area contributed by atoms with Crippen molar-refractivity contribution in [3.63, 3.8) is 0 Å². The van der Waals surface area contributed by atoms with Gasteiger partial charge in [-0.15, -0.1) is 0 Å². The van der Waals surface area contributed by atoms with Gasteiger partial charge in [-0.05, 0) is 37.3 Å². The largest absolute Gasteiger partial charge is 0.368 e. The lowest BCUT2D eigenvalue weighted by atomic mass is 10.1. The summed E-state index contributed by atoms with van der Waals surface area (Å²) in [4.78, 5) is 14.5. The van der Waals surface area contributed by atoms with Crippen LogP contribution in [0, 0.1) is 6.92 Å². The van der Waals surface area contributed by atoms with Crippen molar-refractivity contribution in [2.24, 2.45) is 0 Å². The molecule has 6 heteroatoms. The van der Waals surface area contributed by atoms with Crippen LogP contribution in [-0.4, -0.2) is 41.3 Å². The van der Waals surface area contributed by atoms with Gasteiger partial charge in [0.1, 0.15) is 5.82 Å². The Bertz CT molecular complexity index is 1440. The molecular weight excluding hydrogens is 422 g/mol. The standard InChI is InChI=1S/C28H25N5O/c1-20-8-7-9-21(18-20)27-30-28(34-31-27)24-19-26(29-25-13-6-5-12-23(24)25)33-16-14-32(15-17-33)22-10-3-2-4-11-22/h2-13,18-19H,14-17H2,1H3. The fourth-order valence-electron chi connectivity index (χ4n) is 4.57. The first kappa shape index (κ1) is 20.4. The first-order chi connectivity index (χ1) is 16.7. The van der Waals surface area contributed by atoms with E-state index in [-0.39, 0.29) is 0 Å². The monoisotopic (exact) mass is 447 g/mol. The number of para-hydroxylation sites is 2. The first-order valence-electron chi connectivity index (χ1n) is 11.6. The minimum atomic E-state index is 0.513. The van der Waals surface area contributed by atoms with Gasteiger partial charge in [0.2, 0.25) is 5.82 Å². The third-order valence-electron chi connectivity index (χ3n) is 6.36. The maximum Gasteiger partial charge on any atom is 0.259 e. The van der Waals surface area contributed by atoms with E-state index in [1.807, 2.05) is 30.3 Å². The normalized spacial score (nSPS) is 14.0. The molecule has 34 heavy (non-hydrogen) atoms. The number of nitrogens with zero attached hydrogens (tertiary/aromatic N) is 5. The highest BCUT2D eigenvalue weighted by molar-refractivity contribution is 5.94. The molecule has 168 valence electrons. The molecule has 0 N–H and O–H groups in total. The van der Waals surface area contributed by atoms with Crippen molar-refractivity contribution >= 4 is 22.4 Å². The Morgan fingerprint density at radius 2 is 1.50 bits per heavy atom. The van der Waals surface area contributed by atoms with E-state index in [0.29, 0.717) is 11.7 Å². The summed E-state index contributed by atoms with van der Waals surface area (Å²) in [5.74, 6) is 2.05. The molecule has 1 fully saturated rings. The maximum atomic E-state index is 5.75. The van der Waals surface area contributed by atoms with E-state index >= 15 is 0 Å². The second kappa shape index (κ2) is 8.63. The highest BCUT2D eigenvalue weighted by atomic mass is 16.5. The zero-order valence-electron chi connectivity index (χ0n) is 19.1. The molecule has 3 heterocycles. The molecule has 0 spiro atoms. The van der Waals surface area contributed by atoms with Gasteiger partial charge in [-0.3, -0.25) is 0 Å². The van der Waals surface area contributed by atoms with Crippen molar-refractivity contribution in [3.05, 3.63) is 90.5 Å². The molecule has 1 saturated heterocycles. The molecule has 5 aromatic rings. The van der Waals surface area contributed by atoms with Gasteiger partial charge in [0.15, 0.2) is 0 Å². The molecule has 0 aliphatic carbocycles. The number of rotatable bonds is 4. The Balaban J connectivity index is 1.33. The van der Waals surface area contributed by atoms with Gasteiger partial charge < -0.3 is 14.3 Å². The molecule has 0 amide bonds. The Kier molecular flexibility index (Phi) is 5.18. The molecule has 6 rings (SSSR count). The predicted molar refractivity (Wildman–Crippen MR) is 136 cm³/mol. The predicted octanol–water partition coefficient (Wildman–Crippen LogP) is 5.59. The third kappa shape index (κ3) is 3.88. The van der Waals surface area contributed by atoms with Crippen molar-refractivity contribution < 1.29 is 4.52 Å². The summed E-state index contributed by atoms with van der Waals surface area (Å²) in [5.41, 5.74) is 5.22. The Labute approximate surface area is 198 Å². The van der Waals surface area contributed by atoms with E-state index in [9.17, 15) is 0 Å². The first-order valence-corrected chi connectivity index (χ1v) is 11.6. The summed E-state index contributed by atoms with van der Waals surface area (Å²) in [5, 5.41) is 5.28. The second-order valence-corrected chi connectivity index (χ2v) is 8.65. The minimum absolute atomic E-state index is 0.513. The van der Waals surface area contributed by atoms with E-state index in [0.717, 1.165) is 59.6 Å². The molecule has 0 atom stereocenters. The lowest BCUT2D eigenvalue weighted by molar-refractivity contribution is 0.432. The Morgan fingerprint density at radius 1 is 0.735 bits per heavy atom. The molecule has 0 unspecified atom stereocenters. The smallest absolute Gasteiger partial charge is 0.259 e. The minimum Gasteiger partial charge on any atom is -0.368 e. The van der Waals surface area contributed by atoms with Crippen LogP contribution in [0.5, 0.6) is 0 Å². The fourth-order valence-corrected chi connectivity index (χ4v) is 4.57. The number of hydrogen-bond donors (Lipinski definition) is 0. The SMILES string of the molecule is Cc1cccc(-c2noc(-c3cc(N4CCN(c5ccccc5)CC4)nc4ccccc34)n2)c1. The zero-order valence-corrected chi connectivity index (χ0v) is 19.1. The molecular formula is C28H25N5O. The molecule has 2 aromatic heterocycles. The number of pyridine rings is 1. The number of aromatic nitrogens is 3. The number of fused-ring (bicyclic) bond motifs is 1. The molecule has 1 aliphatic heterocycles. The van der Waals surface area contributed by atoms with Gasteiger partial charge in [0, 0.05) is 42.8 Å². The van der Waals surface area contributed by atoms with Crippen LogP contribution in [0.25, 0.3) is 33.7 Å². The lowest BCUT2D eigenvalue weighted by Crippen LogP contribution is -2.46. The lowest BCUT2D eigenvalue weighted by Gasteiger charge is -2.37. The number of anilines is 2. The highest BCUT2D eigenvalue weighted by Gasteiger charge is 2.21. The molecule has 1 aliphatic rings. The van der Waals surface area contributed by atoms with Gasteiger partial charge in [0.05, 0.1) is 11.1 Å². The highest BCUT2D eigenvalue weighted by Crippen LogP contribution is 2.32. The zero-order chi connectivity index (χ0) is 22.9. The van der Waals surface area contributed by atoms with Crippen LogP contribution in [-0.2, 0) is 0 Å². The summed E-state index contributed by atoms with van der Waals surface area (Å²) < 4.78 is 5.75. The van der Waals surface area contributed by atoms with Crippen LogP contribution in [0.4, 0.5) is 11.5 Å². The number of piperazine rings is 1. The van der Waals surface area contributed by atoms with E-state index in [4.69, 9.17) is 14.5 Å². The van der Waals surface area contributed by atoms with Crippen molar-refractivity contribution in [2.75, 3.05) is 36.0 Å². The summed E-state index contributed by atoms with van der Waals surface area (Å²) >= 11 is 0. The van der Waals surface area contributed by atoms with Crippen molar-refractivity contribution in [1.82, 2.24) is 15.1 Å². The van der Waals surface area contributed by atoms with Gasteiger partial charge in [-0.2, -0.15) is 4.98 Å². The maximum absolute atomic E-state index is 5.75. The number of benzene rings is 3. The molecule has 3 aromatic carbocycles. The molecule has 0 bridgehead atoms. The van der Waals surface area contributed by atoms with E-state index in [1.165, 1.54) is 5.69 Å². The van der Waals surface area contributed by atoms with Crippen LogP contribution >= 0.6 is 0 Å². The van der Waals surface area contributed by atoms with Crippen LogP contribution in [0.1, 0.15) is 5.56 Å². The molecule has 0 saturated carbocycles. The van der Waals surface area contributed by atoms with Crippen LogP contribution in [0.3, 0.4) is 0 Å². The summed E-state index contributed by atoms with van der Waals surface area (Å²) in [6, 6.07) is 28.9. The van der Waals surface area contributed by atoms with Gasteiger partial charge in [-0.1, -0.05) is 65.3 Å². The van der Waals surface area contributed by atoms with Crippen LogP contribution in [0.2, 0.25) is 0 Å². The van der Waals surface area contributed by atoms with Gasteiger partial charge >= 0.3 is 0 Å². The molecule has 6 nitrogen and oxygen atoms in total. The Morgan fingerprint density at radius 3 is 2.32 bits per heavy atom. The second-order valence-electron chi connectivity index (χ2n) is 8.65. The van der Waals surface area contributed by atoms with Gasteiger partial charge in [-0.25, -0.2) is 4.98 Å². The summed E-state index contributed by atoms with van der Waals surface area (Å²) in [6.45, 7) is 5.76. The third-order valence-corrected chi connectivity index (χ3v) is 6.36. The summed E-state index contributed by atoms with van der Waals surface area (Å²) in [7, 11) is 0. The van der Waals surface area contributed by atoms with E-state index in [1.54, 1.807) is 0 Å².